The summed E-state index contributed by atoms with van der Waals surface area (Å²) in [7, 11) is 0. The molecule has 2 heterocycles. The Bertz CT molecular complexity index is 1580. The van der Waals surface area contributed by atoms with Gasteiger partial charge in [0.15, 0.2) is 0 Å². The number of hydrogen-bond donors (Lipinski definition) is 0. The molecule has 0 N–H and O–H groups in total. The average Bonchev–Trinajstić information content (AvgIpc) is 3.36. The number of aryl methyl sites for hydroxylation is 2. The summed E-state index contributed by atoms with van der Waals surface area (Å²) in [5, 5.41) is 4.54. The third-order valence-corrected chi connectivity index (χ3v) is 6.04. The summed E-state index contributed by atoms with van der Waals surface area (Å²) in [6.45, 7) is 4.20. The summed E-state index contributed by atoms with van der Waals surface area (Å²) in [5.74, 6) is 0.742. The molecular weight excluding hydrogens is 428 g/mol. The number of fused-ring (bicyclic) bond motifs is 1. The van der Waals surface area contributed by atoms with E-state index in [4.69, 9.17) is 4.52 Å². The van der Waals surface area contributed by atoms with E-state index in [9.17, 15) is 9.59 Å². The van der Waals surface area contributed by atoms with Crippen molar-refractivity contribution in [3.8, 4) is 17.1 Å². The van der Waals surface area contributed by atoms with Crippen molar-refractivity contribution in [2.45, 2.75) is 33.2 Å². The smallest absolute Gasteiger partial charge is 0.336 e. The van der Waals surface area contributed by atoms with Crippen LogP contribution in [0.3, 0.4) is 0 Å². The van der Waals surface area contributed by atoms with Gasteiger partial charge in [0, 0.05) is 5.56 Å². The fourth-order valence-corrected chi connectivity index (χ4v) is 4.04. The predicted molar refractivity (Wildman–Crippen MR) is 131 cm³/mol. The van der Waals surface area contributed by atoms with E-state index < -0.39 is 5.69 Å². The van der Waals surface area contributed by atoms with Crippen LogP contribution in [-0.2, 0) is 19.4 Å². The Labute approximate surface area is 195 Å². The molecule has 0 amide bonds. The average molecular weight is 453 g/mol. The Morgan fingerprint density at radius 1 is 0.824 bits per heavy atom. The van der Waals surface area contributed by atoms with Gasteiger partial charge < -0.3 is 4.52 Å². The van der Waals surface area contributed by atoms with E-state index in [1.54, 1.807) is 36.4 Å². The zero-order valence-corrected chi connectivity index (χ0v) is 19.1. The molecule has 7 nitrogen and oxygen atoms in total. The SMILES string of the molecule is CCc1ccc(-c2noc(Cn3c(=O)n(-c4ccc(CC)cc4)c(=O)c4ccccc43)n2)cc1. The highest BCUT2D eigenvalue weighted by molar-refractivity contribution is 5.78. The van der Waals surface area contributed by atoms with E-state index in [0.717, 1.165) is 24.0 Å². The van der Waals surface area contributed by atoms with Crippen LogP contribution in [0.25, 0.3) is 28.0 Å². The van der Waals surface area contributed by atoms with E-state index >= 15 is 0 Å². The molecule has 2 aromatic heterocycles. The van der Waals surface area contributed by atoms with E-state index in [0.29, 0.717) is 22.4 Å². The number of hydrogen-bond acceptors (Lipinski definition) is 5. The molecule has 0 unspecified atom stereocenters. The molecule has 0 bridgehead atoms. The highest BCUT2D eigenvalue weighted by Gasteiger charge is 2.17. The molecule has 0 aliphatic heterocycles. The number of nitrogens with zero attached hydrogens (tertiary/aromatic N) is 4. The van der Waals surface area contributed by atoms with Crippen LogP contribution < -0.4 is 11.2 Å². The van der Waals surface area contributed by atoms with Crippen LogP contribution in [0.4, 0.5) is 0 Å². The summed E-state index contributed by atoms with van der Waals surface area (Å²) in [6.07, 6.45) is 1.82. The quantitative estimate of drug-likeness (QED) is 0.382. The van der Waals surface area contributed by atoms with Gasteiger partial charge in [-0.2, -0.15) is 4.98 Å². The minimum Gasteiger partial charge on any atom is -0.337 e. The predicted octanol–water partition coefficient (Wildman–Crippen LogP) is 4.38. The fraction of sp³-hybridized carbons (Fsp3) is 0.185. The topological polar surface area (TPSA) is 82.9 Å². The van der Waals surface area contributed by atoms with Crippen LogP contribution in [0.2, 0.25) is 0 Å². The molecule has 5 rings (SSSR count). The first-order valence-corrected chi connectivity index (χ1v) is 11.3. The van der Waals surface area contributed by atoms with Gasteiger partial charge in [0.25, 0.3) is 5.56 Å². The lowest BCUT2D eigenvalue weighted by atomic mass is 10.1. The van der Waals surface area contributed by atoms with Gasteiger partial charge >= 0.3 is 5.69 Å². The highest BCUT2D eigenvalue weighted by Crippen LogP contribution is 2.18. The summed E-state index contributed by atoms with van der Waals surface area (Å²) in [5.41, 5.74) is 3.41. The number of benzene rings is 3. The lowest BCUT2D eigenvalue weighted by Gasteiger charge is -2.13. The van der Waals surface area contributed by atoms with E-state index in [2.05, 4.69) is 24.0 Å². The lowest BCUT2D eigenvalue weighted by Crippen LogP contribution is -2.39. The van der Waals surface area contributed by atoms with Gasteiger partial charge in [0.2, 0.25) is 11.7 Å². The summed E-state index contributed by atoms with van der Waals surface area (Å²) < 4.78 is 8.18. The molecule has 0 spiro atoms. The molecule has 0 saturated heterocycles. The van der Waals surface area contributed by atoms with Crippen molar-refractivity contribution < 1.29 is 4.52 Å². The third kappa shape index (κ3) is 3.85. The molecule has 170 valence electrons. The summed E-state index contributed by atoms with van der Waals surface area (Å²) in [4.78, 5) is 31.3. The van der Waals surface area contributed by atoms with E-state index in [1.165, 1.54) is 14.7 Å². The van der Waals surface area contributed by atoms with Crippen LogP contribution >= 0.6 is 0 Å². The molecule has 5 aromatic rings. The molecule has 0 aliphatic carbocycles. The van der Waals surface area contributed by atoms with Crippen molar-refractivity contribution in [2.75, 3.05) is 0 Å². The van der Waals surface area contributed by atoms with Crippen LogP contribution in [0.5, 0.6) is 0 Å². The summed E-state index contributed by atoms with van der Waals surface area (Å²) >= 11 is 0. The van der Waals surface area contributed by atoms with Crippen LogP contribution in [0.15, 0.2) is 86.9 Å². The maximum absolute atomic E-state index is 13.5. The van der Waals surface area contributed by atoms with E-state index in [1.807, 2.05) is 36.4 Å². The number of aromatic nitrogens is 4. The van der Waals surface area contributed by atoms with Crippen molar-refractivity contribution in [2.24, 2.45) is 0 Å². The maximum Gasteiger partial charge on any atom is 0.336 e. The van der Waals surface area contributed by atoms with Gasteiger partial charge in [-0.1, -0.05) is 67.5 Å². The molecule has 0 atom stereocenters. The first kappa shape index (κ1) is 21.6. The molecule has 0 saturated carbocycles. The Kier molecular flexibility index (Phi) is 5.67. The zero-order valence-electron chi connectivity index (χ0n) is 19.1. The molecule has 0 aliphatic rings. The molecule has 34 heavy (non-hydrogen) atoms. The standard InChI is InChI=1S/C27H24N4O3/c1-3-18-9-13-20(14-10-18)25-28-24(34-29-25)17-30-23-8-6-5-7-22(23)26(32)31(27(30)33)21-15-11-19(4-2)12-16-21/h5-16H,3-4,17H2,1-2H3. The zero-order chi connectivity index (χ0) is 23.7. The second-order valence-electron chi connectivity index (χ2n) is 8.11. The van der Waals surface area contributed by atoms with Gasteiger partial charge in [-0.05, 0) is 48.2 Å². The minimum atomic E-state index is -0.458. The van der Waals surface area contributed by atoms with Crippen LogP contribution in [0.1, 0.15) is 30.9 Å². The van der Waals surface area contributed by atoms with Gasteiger partial charge in [-0.3, -0.25) is 9.36 Å². The normalized spacial score (nSPS) is 11.2. The maximum atomic E-state index is 13.5. The van der Waals surface area contributed by atoms with Gasteiger partial charge in [-0.15, -0.1) is 0 Å². The molecule has 7 heteroatoms. The molecular formula is C27H24N4O3. The second kappa shape index (κ2) is 8.94. The Morgan fingerprint density at radius 2 is 1.47 bits per heavy atom. The van der Waals surface area contributed by atoms with Gasteiger partial charge in [-0.25, -0.2) is 9.36 Å². The van der Waals surface area contributed by atoms with Crippen molar-refractivity contribution >= 4 is 10.9 Å². The Morgan fingerprint density at radius 3 is 2.15 bits per heavy atom. The number of rotatable bonds is 6. The summed E-state index contributed by atoms with van der Waals surface area (Å²) in [6, 6.07) is 22.5. The van der Waals surface area contributed by atoms with Gasteiger partial charge in [0.05, 0.1) is 16.6 Å². The Hall–Kier alpha value is -4.26. The minimum absolute atomic E-state index is 0.0483. The van der Waals surface area contributed by atoms with E-state index in [-0.39, 0.29) is 18.0 Å². The monoisotopic (exact) mass is 452 g/mol. The van der Waals surface area contributed by atoms with Gasteiger partial charge in [0.1, 0.15) is 6.54 Å². The third-order valence-electron chi connectivity index (χ3n) is 6.04. The van der Waals surface area contributed by atoms with Crippen molar-refractivity contribution in [3.05, 3.63) is 111 Å². The number of para-hydroxylation sites is 1. The first-order valence-electron chi connectivity index (χ1n) is 11.3. The largest absolute Gasteiger partial charge is 0.337 e. The van der Waals surface area contributed by atoms with Crippen LogP contribution in [0, 0.1) is 0 Å². The van der Waals surface area contributed by atoms with Crippen LogP contribution in [-0.4, -0.2) is 19.3 Å². The second-order valence-corrected chi connectivity index (χ2v) is 8.11. The molecule has 0 radical (unpaired) electrons. The first-order chi connectivity index (χ1) is 16.6. The lowest BCUT2D eigenvalue weighted by molar-refractivity contribution is 0.370. The Balaban J connectivity index is 1.60. The van der Waals surface area contributed by atoms with Crippen molar-refractivity contribution in [1.29, 1.82) is 0 Å². The van der Waals surface area contributed by atoms with Crippen molar-refractivity contribution in [3.63, 3.8) is 0 Å². The molecule has 3 aromatic carbocycles. The molecule has 0 fully saturated rings. The fourth-order valence-electron chi connectivity index (χ4n) is 4.04. The van der Waals surface area contributed by atoms with Crippen molar-refractivity contribution in [1.82, 2.24) is 19.3 Å². The highest BCUT2D eigenvalue weighted by atomic mass is 16.5.